The Hall–Kier alpha value is -1.30. The fourth-order valence-corrected chi connectivity index (χ4v) is 4.75. The van der Waals surface area contributed by atoms with Crippen molar-refractivity contribution in [2.45, 2.75) is 67.7 Å². The minimum atomic E-state index is 0.502. The van der Waals surface area contributed by atoms with Crippen molar-refractivity contribution in [3.05, 3.63) is 59.8 Å². The van der Waals surface area contributed by atoms with E-state index in [2.05, 4.69) is 97.1 Å². The van der Waals surface area contributed by atoms with Gasteiger partial charge in [-0.05, 0) is 49.4 Å². The van der Waals surface area contributed by atoms with Crippen molar-refractivity contribution in [3.8, 4) is 0 Å². The molecule has 0 amide bonds. The van der Waals surface area contributed by atoms with Gasteiger partial charge in [0.05, 0.1) is 0 Å². The van der Waals surface area contributed by atoms with Crippen molar-refractivity contribution in [2.24, 2.45) is 41.4 Å². The molecule has 0 fully saturated rings. The average Bonchev–Trinajstić information content (AvgIpc) is 2.67. The summed E-state index contributed by atoms with van der Waals surface area (Å²) >= 11 is 0. The van der Waals surface area contributed by atoms with Gasteiger partial charge in [-0.15, -0.1) is 0 Å². The second kappa shape index (κ2) is 10.3. The highest BCUT2D eigenvalue weighted by atomic mass is 14.3. The third-order valence-electron chi connectivity index (χ3n) is 6.74. The average molecular weight is 367 g/mol. The Morgan fingerprint density at radius 3 is 2.26 bits per heavy atom. The van der Waals surface area contributed by atoms with Gasteiger partial charge in [-0.2, -0.15) is 0 Å². The molecule has 2 aliphatic rings. The molecular weight excluding hydrogens is 324 g/mol. The molecule has 0 saturated heterocycles. The zero-order chi connectivity index (χ0) is 20.0. The van der Waals surface area contributed by atoms with Gasteiger partial charge in [-0.1, -0.05) is 108 Å². The van der Waals surface area contributed by atoms with Crippen molar-refractivity contribution in [1.29, 1.82) is 0 Å². The summed E-state index contributed by atoms with van der Waals surface area (Å²) in [6.45, 7) is 16.3. The molecule has 0 aromatic rings. The zero-order valence-corrected chi connectivity index (χ0v) is 18.8. The SMILES string of the molecule is CC=CC(C)C1=CC(C2C=CC(CCC)C=C2C(C)C(C)C)C=CC1CC. The molecule has 27 heavy (non-hydrogen) atoms. The van der Waals surface area contributed by atoms with Crippen LogP contribution in [0.4, 0.5) is 0 Å². The lowest BCUT2D eigenvalue weighted by Gasteiger charge is -2.36. The molecule has 0 aliphatic heterocycles. The van der Waals surface area contributed by atoms with Crippen LogP contribution in [0.5, 0.6) is 0 Å². The molecule has 6 unspecified atom stereocenters. The van der Waals surface area contributed by atoms with Crippen molar-refractivity contribution in [3.63, 3.8) is 0 Å². The molecule has 0 aromatic carbocycles. The molecule has 0 radical (unpaired) electrons. The Kier molecular flexibility index (Phi) is 8.39. The molecule has 0 saturated carbocycles. The van der Waals surface area contributed by atoms with Gasteiger partial charge in [0, 0.05) is 11.8 Å². The first kappa shape index (κ1) is 22.0. The summed E-state index contributed by atoms with van der Waals surface area (Å²) in [6, 6.07) is 0. The molecule has 0 spiro atoms. The molecule has 0 N–H and O–H groups in total. The van der Waals surface area contributed by atoms with Crippen LogP contribution in [0.25, 0.3) is 0 Å². The molecular formula is C27H42. The highest BCUT2D eigenvalue weighted by Crippen LogP contribution is 2.41. The summed E-state index contributed by atoms with van der Waals surface area (Å²) in [6.07, 6.45) is 23.5. The smallest absolute Gasteiger partial charge is 0.00776 e. The molecule has 2 aliphatic carbocycles. The van der Waals surface area contributed by atoms with Gasteiger partial charge in [-0.3, -0.25) is 0 Å². The predicted molar refractivity (Wildman–Crippen MR) is 122 cm³/mol. The van der Waals surface area contributed by atoms with Crippen LogP contribution >= 0.6 is 0 Å². The fraction of sp³-hybridized carbons (Fsp3) is 0.630. The zero-order valence-electron chi connectivity index (χ0n) is 18.8. The summed E-state index contributed by atoms with van der Waals surface area (Å²) in [5.41, 5.74) is 3.29. The van der Waals surface area contributed by atoms with Crippen LogP contribution in [0, 0.1) is 41.4 Å². The molecule has 0 bridgehead atoms. The number of rotatable bonds is 8. The number of allylic oxidation sites excluding steroid dienone is 10. The standard InChI is InChI=1S/C27H42/c1-8-11-20(6)26-18-24(15-14-23(26)10-3)25-16-13-22(12-9-2)17-27(25)21(7)19(4)5/h8,11,13-25H,9-10,12H2,1-7H3. The van der Waals surface area contributed by atoms with Crippen LogP contribution in [0.15, 0.2) is 59.8 Å². The third-order valence-corrected chi connectivity index (χ3v) is 6.74. The Morgan fingerprint density at radius 1 is 0.926 bits per heavy atom. The monoisotopic (exact) mass is 366 g/mol. The van der Waals surface area contributed by atoms with Crippen molar-refractivity contribution in [1.82, 2.24) is 0 Å². The van der Waals surface area contributed by atoms with Gasteiger partial charge in [0.1, 0.15) is 0 Å². The molecule has 2 rings (SSSR count). The van der Waals surface area contributed by atoms with Gasteiger partial charge in [0.25, 0.3) is 0 Å². The van der Waals surface area contributed by atoms with E-state index in [9.17, 15) is 0 Å². The summed E-state index contributed by atoms with van der Waals surface area (Å²) in [7, 11) is 0. The Morgan fingerprint density at radius 2 is 1.67 bits per heavy atom. The Balaban J connectivity index is 2.35. The summed E-state index contributed by atoms with van der Waals surface area (Å²) < 4.78 is 0. The van der Waals surface area contributed by atoms with Crippen LogP contribution < -0.4 is 0 Å². The van der Waals surface area contributed by atoms with Crippen LogP contribution in [0.2, 0.25) is 0 Å². The van der Waals surface area contributed by atoms with E-state index in [-0.39, 0.29) is 0 Å². The second-order valence-electron chi connectivity index (χ2n) is 9.02. The van der Waals surface area contributed by atoms with Gasteiger partial charge < -0.3 is 0 Å². The first-order chi connectivity index (χ1) is 12.9. The van der Waals surface area contributed by atoms with Gasteiger partial charge in [-0.25, -0.2) is 0 Å². The highest BCUT2D eigenvalue weighted by molar-refractivity contribution is 5.34. The molecule has 0 heterocycles. The summed E-state index contributed by atoms with van der Waals surface area (Å²) in [5, 5.41) is 0. The van der Waals surface area contributed by atoms with Crippen LogP contribution in [-0.4, -0.2) is 0 Å². The van der Waals surface area contributed by atoms with E-state index in [1.165, 1.54) is 19.3 Å². The lowest BCUT2D eigenvalue weighted by molar-refractivity contribution is 0.415. The number of hydrogen-bond acceptors (Lipinski definition) is 0. The maximum Gasteiger partial charge on any atom is 0.00776 e. The Labute approximate surface area is 169 Å². The molecule has 0 heteroatoms. The van der Waals surface area contributed by atoms with E-state index < -0.39 is 0 Å². The maximum absolute atomic E-state index is 2.61. The lowest BCUT2D eigenvalue weighted by Crippen LogP contribution is -2.25. The fourth-order valence-electron chi connectivity index (χ4n) is 4.75. The van der Waals surface area contributed by atoms with Crippen molar-refractivity contribution >= 4 is 0 Å². The van der Waals surface area contributed by atoms with E-state index >= 15 is 0 Å². The summed E-state index contributed by atoms with van der Waals surface area (Å²) in [4.78, 5) is 0. The van der Waals surface area contributed by atoms with E-state index in [1.54, 1.807) is 11.1 Å². The van der Waals surface area contributed by atoms with E-state index in [4.69, 9.17) is 0 Å². The van der Waals surface area contributed by atoms with Gasteiger partial charge >= 0.3 is 0 Å². The first-order valence-electron chi connectivity index (χ1n) is 11.3. The van der Waals surface area contributed by atoms with Gasteiger partial charge in [0.15, 0.2) is 0 Å². The van der Waals surface area contributed by atoms with E-state index in [0.717, 1.165) is 0 Å². The van der Waals surface area contributed by atoms with Crippen LogP contribution in [0.3, 0.4) is 0 Å². The normalized spacial score (nSPS) is 30.5. The largest absolute Gasteiger partial charge is 0.0911 e. The quantitative estimate of drug-likeness (QED) is 0.380. The van der Waals surface area contributed by atoms with E-state index in [0.29, 0.717) is 41.4 Å². The predicted octanol–water partition coefficient (Wildman–Crippen LogP) is 8.16. The first-order valence-corrected chi connectivity index (χ1v) is 11.3. The van der Waals surface area contributed by atoms with Crippen molar-refractivity contribution < 1.29 is 0 Å². The number of hydrogen-bond donors (Lipinski definition) is 0. The second-order valence-corrected chi connectivity index (χ2v) is 9.02. The topological polar surface area (TPSA) is 0 Å². The molecule has 0 aromatic heterocycles. The third kappa shape index (κ3) is 5.37. The minimum absolute atomic E-state index is 0.502. The van der Waals surface area contributed by atoms with E-state index in [1.807, 2.05) is 0 Å². The van der Waals surface area contributed by atoms with Gasteiger partial charge in [0.2, 0.25) is 0 Å². The minimum Gasteiger partial charge on any atom is -0.0911 e. The Bertz CT molecular complexity index is 610. The highest BCUT2D eigenvalue weighted by Gasteiger charge is 2.30. The molecule has 0 nitrogen and oxygen atoms in total. The maximum atomic E-state index is 2.61. The van der Waals surface area contributed by atoms with Crippen LogP contribution in [-0.2, 0) is 0 Å². The lowest BCUT2D eigenvalue weighted by atomic mass is 9.69. The molecule has 6 atom stereocenters. The van der Waals surface area contributed by atoms with Crippen molar-refractivity contribution in [2.75, 3.05) is 0 Å². The summed E-state index contributed by atoms with van der Waals surface area (Å²) in [5.74, 6) is 4.11. The van der Waals surface area contributed by atoms with Crippen LogP contribution in [0.1, 0.15) is 67.7 Å². The molecule has 150 valence electrons.